The standard InChI is InChI=1S/C16H30/c1-3-5-7-9-11-13-15-16-14-12-10-8-6-4-2/h3,5H,1-2,4,6-16H2/b5-3+. The minimum absolute atomic E-state index is 1.11. The van der Waals surface area contributed by atoms with Gasteiger partial charge in [0.2, 0.25) is 0 Å². The molecular formula is C16H30. The van der Waals surface area contributed by atoms with E-state index in [9.17, 15) is 0 Å². The van der Waals surface area contributed by atoms with E-state index in [0.717, 1.165) is 6.42 Å². The van der Waals surface area contributed by atoms with Gasteiger partial charge in [0.1, 0.15) is 0 Å². The molecule has 0 aromatic heterocycles. The van der Waals surface area contributed by atoms with Crippen molar-refractivity contribution >= 4 is 0 Å². The summed E-state index contributed by atoms with van der Waals surface area (Å²) in [5.74, 6) is 0. The Morgan fingerprint density at radius 3 is 1.50 bits per heavy atom. The molecular weight excluding hydrogens is 192 g/mol. The Balaban J connectivity index is 2.88. The molecule has 0 rings (SSSR count). The van der Waals surface area contributed by atoms with Crippen LogP contribution >= 0.6 is 0 Å². The maximum Gasteiger partial charge on any atom is -0.0316 e. The molecule has 0 saturated carbocycles. The zero-order valence-electron chi connectivity index (χ0n) is 11.1. The molecule has 0 aromatic rings. The van der Waals surface area contributed by atoms with Crippen LogP contribution in [0.2, 0.25) is 0 Å². The zero-order valence-corrected chi connectivity index (χ0v) is 11.1. The first-order valence-electron chi connectivity index (χ1n) is 7.15. The molecule has 0 saturated heterocycles. The molecule has 0 unspecified atom stereocenters. The largest absolute Gasteiger partial charge is 0.0885 e. The smallest absolute Gasteiger partial charge is 0.0316 e. The normalized spacial score (nSPS) is 11.4. The summed E-state index contributed by atoms with van der Waals surface area (Å²) in [5, 5.41) is 0. The van der Waals surface area contributed by atoms with Gasteiger partial charge in [0, 0.05) is 0 Å². The van der Waals surface area contributed by atoms with E-state index in [2.05, 4.69) is 19.9 Å². The van der Waals surface area contributed by atoms with Crippen molar-refractivity contribution in [3.63, 3.8) is 0 Å². The van der Waals surface area contributed by atoms with Crippen LogP contribution in [0.4, 0.5) is 0 Å². The third-order valence-electron chi connectivity index (χ3n) is 3.04. The molecule has 0 spiro atoms. The predicted molar refractivity (Wildman–Crippen MR) is 75.3 cm³/mol. The van der Waals surface area contributed by atoms with Crippen molar-refractivity contribution in [1.29, 1.82) is 0 Å². The second-order valence-electron chi connectivity index (χ2n) is 4.65. The minimum atomic E-state index is 1.11. The third-order valence-corrected chi connectivity index (χ3v) is 3.04. The van der Waals surface area contributed by atoms with E-state index >= 15 is 0 Å². The monoisotopic (exact) mass is 222 g/mol. The summed E-state index contributed by atoms with van der Waals surface area (Å²) in [7, 11) is 0. The first kappa shape index (κ1) is 15.7. The number of unbranched alkanes of at least 4 members (excludes halogenated alkanes) is 11. The Kier molecular flexibility index (Phi) is 14.5. The van der Waals surface area contributed by atoms with Crippen LogP contribution in [0, 0.1) is 13.8 Å². The quantitative estimate of drug-likeness (QED) is 0.361. The molecule has 0 N–H and O–H groups in total. The van der Waals surface area contributed by atoms with Gasteiger partial charge in [0.25, 0.3) is 0 Å². The lowest BCUT2D eigenvalue weighted by Crippen LogP contribution is -1.81. The van der Waals surface area contributed by atoms with Crippen molar-refractivity contribution in [2.24, 2.45) is 0 Å². The van der Waals surface area contributed by atoms with E-state index in [4.69, 9.17) is 0 Å². The third kappa shape index (κ3) is 13.7. The summed E-state index contributed by atoms with van der Waals surface area (Å²) in [6.07, 6.45) is 20.4. The maximum absolute atomic E-state index is 3.87. The zero-order chi connectivity index (χ0) is 11.9. The van der Waals surface area contributed by atoms with Crippen LogP contribution in [0.25, 0.3) is 0 Å². The fraction of sp³-hybridized carbons (Fsp3) is 0.750. The molecule has 0 nitrogen and oxygen atoms in total. The van der Waals surface area contributed by atoms with Gasteiger partial charge in [-0.05, 0) is 19.8 Å². The molecule has 0 aliphatic rings. The van der Waals surface area contributed by atoms with Crippen LogP contribution in [-0.2, 0) is 0 Å². The molecule has 0 heteroatoms. The Labute approximate surface area is 104 Å². The van der Waals surface area contributed by atoms with Gasteiger partial charge in [-0.1, -0.05) is 83.3 Å². The van der Waals surface area contributed by atoms with Crippen molar-refractivity contribution in [2.45, 2.75) is 77.0 Å². The van der Waals surface area contributed by atoms with Gasteiger partial charge in [-0.25, -0.2) is 0 Å². The average Bonchev–Trinajstić information content (AvgIpc) is 2.31. The second-order valence-corrected chi connectivity index (χ2v) is 4.65. The molecule has 0 atom stereocenters. The molecule has 0 bridgehead atoms. The highest BCUT2D eigenvalue weighted by atomic mass is 14.0. The molecule has 0 heterocycles. The lowest BCUT2D eigenvalue weighted by atomic mass is 10.1. The number of rotatable bonds is 12. The summed E-state index contributed by atoms with van der Waals surface area (Å²) < 4.78 is 0. The number of hydrogen-bond donors (Lipinski definition) is 0. The van der Waals surface area contributed by atoms with Gasteiger partial charge in [-0.2, -0.15) is 0 Å². The van der Waals surface area contributed by atoms with E-state index in [1.165, 1.54) is 70.6 Å². The van der Waals surface area contributed by atoms with Gasteiger partial charge < -0.3 is 0 Å². The van der Waals surface area contributed by atoms with E-state index in [1.807, 2.05) is 6.08 Å². The molecule has 16 heavy (non-hydrogen) atoms. The van der Waals surface area contributed by atoms with Crippen molar-refractivity contribution in [2.75, 3.05) is 0 Å². The molecule has 0 aliphatic heterocycles. The summed E-state index contributed by atoms with van der Waals surface area (Å²) in [5.41, 5.74) is 0. The Morgan fingerprint density at radius 2 is 1.06 bits per heavy atom. The maximum atomic E-state index is 3.87. The van der Waals surface area contributed by atoms with Crippen molar-refractivity contribution < 1.29 is 0 Å². The van der Waals surface area contributed by atoms with Crippen LogP contribution < -0.4 is 0 Å². The highest BCUT2D eigenvalue weighted by Gasteiger charge is 1.92. The molecule has 0 aromatic carbocycles. The predicted octanol–water partition coefficient (Wildman–Crippen LogP) is 5.89. The number of allylic oxidation sites excluding steroid dienone is 2. The Hall–Kier alpha value is -0.260. The topological polar surface area (TPSA) is 0 Å². The first-order chi connectivity index (χ1) is 7.91. The molecule has 0 aliphatic carbocycles. The molecule has 2 radical (unpaired) electrons. The van der Waals surface area contributed by atoms with E-state index in [0.29, 0.717) is 0 Å². The van der Waals surface area contributed by atoms with Crippen molar-refractivity contribution in [3.8, 4) is 0 Å². The van der Waals surface area contributed by atoms with Crippen molar-refractivity contribution in [3.05, 3.63) is 26.0 Å². The van der Waals surface area contributed by atoms with E-state index in [1.54, 1.807) is 0 Å². The van der Waals surface area contributed by atoms with Gasteiger partial charge in [-0.3, -0.25) is 0 Å². The summed E-state index contributed by atoms with van der Waals surface area (Å²) >= 11 is 0. The summed E-state index contributed by atoms with van der Waals surface area (Å²) in [6, 6.07) is 0. The van der Waals surface area contributed by atoms with Crippen LogP contribution in [0.3, 0.4) is 0 Å². The van der Waals surface area contributed by atoms with E-state index < -0.39 is 0 Å². The van der Waals surface area contributed by atoms with Crippen LogP contribution in [-0.4, -0.2) is 0 Å². The lowest BCUT2D eigenvalue weighted by Gasteiger charge is -2.01. The van der Waals surface area contributed by atoms with Gasteiger partial charge >= 0.3 is 0 Å². The highest BCUT2D eigenvalue weighted by molar-refractivity contribution is 4.83. The minimum Gasteiger partial charge on any atom is -0.0885 e. The fourth-order valence-electron chi connectivity index (χ4n) is 1.97. The summed E-state index contributed by atoms with van der Waals surface area (Å²) in [4.78, 5) is 0. The molecule has 0 amide bonds. The van der Waals surface area contributed by atoms with E-state index in [-0.39, 0.29) is 0 Å². The van der Waals surface area contributed by atoms with Crippen LogP contribution in [0.15, 0.2) is 12.2 Å². The fourth-order valence-corrected chi connectivity index (χ4v) is 1.97. The van der Waals surface area contributed by atoms with Crippen LogP contribution in [0.1, 0.15) is 77.0 Å². The first-order valence-corrected chi connectivity index (χ1v) is 7.15. The highest BCUT2D eigenvalue weighted by Crippen LogP contribution is 2.11. The summed E-state index contributed by atoms with van der Waals surface area (Å²) in [6.45, 7) is 7.56. The van der Waals surface area contributed by atoms with Gasteiger partial charge in [0.05, 0.1) is 0 Å². The lowest BCUT2D eigenvalue weighted by molar-refractivity contribution is 0.553. The number of hydrogen-bond acceptors (Lipinski definition) is 0. The Bertz CT molecular complexity index is 135. The van der Waals surface area contributed by atoms with Gasteiger partial charge in [-0.15, -0.1) is 0 Å². The SMILES string of the molecule is [CH2]/C=C/CCCCCCCCCCCC[CH2]. The average molecular weight is 222 g/mol. The van der Waals surface area contributed by atoms with Crippen molar-refractivity contribution in [1.82, 2.24) is 0 Å². The Morgan fingerprint density at radius 1 is 0.625 bits per heavy atom. The molecule has 0 fully saturated rings. The van der Waals surface area contributed by atoms with Crippen LogP contribution in [0.5, 0.6) is 0 Å². The second kappa shape index (κ2) is 14.7. The van der Waals surface area contributed by atoms with Gasteiger partial charge in [0.15, 0.2) is 0 Å². The molecule has 94 valence electrons.